The lowest BCUT2D eigenvalue weighted by atomic mass is 10.1. The summed E-state index contributed by atoms with van der Waals surface area (Å²) in [5.41, 5.74) is 3.92. The smallest absolute Gasteiger partial charge is 0.262 e. The van der Waals surface area contributed by atoms with Crippen LogP contribution in [0.3, 0.4) is 0 Å². The fourth-order valence-electron chi connectivity index (χ4n) is 4.41. The Hall–Kier alpha value is -3.67. The van der Waals surface area contributed by atoms with Gasteiger partial charge in [-0.05, 0) is 55.2 Å². The van der Waals surface area contributed by atoms with Crippen LogP contribution in [-0.2, 0) is 11.2 Å². The van der Waals surface area contributed by atoms with Crippen molar-refractivity contribution in [1.82, 2.24) is 9.88 Å². The number of ether oxygens (including phenoxy) is 1. The number of benzene rings is 1. The van der Waals surface area contributed by atoms with Gasteiger partial charge >= 0.3 is 0 Å². The van der Waals surface area contributed by atoms with Crippen LogP contribution in [0.15, 0.2) is 72.7 Å². The number of fused-ring (bicyclic) bond motifs is 2. The summed E-state index contributed by atoms with van der Waals surface area (Å²) in [5.74, 6) is 1.08. The standard InChI is InChI=1S/C25H25N3O3/c1-4-8-16(22(5-2)31-3)15-27-23-18-11-12-21(17(18)13-14-26-23)28-24(29)19-9-6-7-10-20(19)25(28)30/h4-10,13-14,21H,1,11-12,15H2,2-3H3,(H,26,27)/b16-8-,22-5+/t21-/m1/s1. The summed E-state index contributed by atoms with van der Waals surface area (Å²) in [7, 11) is 1.64. The number of carbonyl (C=O) groups is 2. The number of hydrogen-bond donors (Lipinski definition) is 1. The van der Waals surface area contributed by atoms with E-state index in [4.69, 9.17) is 4.74 Å². The van der Waals surface area contributed by atoms with Crippen LogP contribution >= 0.6 is 0 Å². The second-order valence-corrected chi connectivity index (χ2v) is 7.45. The molecule has 0 fully saturated rings. The van der Waals surface area contributed by atoms with Gasteiger partial charge in [-0.2, -0.15) is 0 Å². The Balaban J connectivity index is 1.59. The van der Waals surface area contributed by atoms with Crippen LogP contribution in [0.2, 0.25) is 0 Å². The van der Waals surface area contributed by atoms with Gasteiger partial charge < -0.3 is 10.1 Å². The maximum absolute atomic E-state index is 13.0. The summed E-state index contributed by atoms with van der Waals surface area (Å²) < 4.78 is 5.44. The fourth-order valence-corrected chi connectivity index (χ4v) is 4.41. The maximum atomic E-state index is 13.0. The molecule has 4 rings (SSSR count). The van der Waals surface area contributed by atoms with Crippen molar-refractivity contribution in [3.05, 3.63) is 94.9 Å². The molecular weight excluding hydrogens is 390 g/mol. The van der Waals surface area contributed by atoms with Crippen molar-refractivity contribution in [3.63, 3.8) is 0 Å². The highest BCUT2D eigenvalue weighted by Crippen LogP contribution is 2.41. The lowest BCUT2D eigenvalue weighted by Crippen LogP contribution is -2.33. The third kappa shape index (κ3) is 3.54. The average Bonchev–Trinajstić information content (AvgIpc) is 3.32. The second-order valence-electron chi connectivity index (χ2n) is 7.45. The zero-order chi connectivity index (χ0) is 22.0. The Morgan fingerprint density at radius 1 is 1.26 bits per heavy atom. The Bertz CT molecular complexity index is 1080. The third-order valence-corrected chi connectivity index (χ3v) is 5.82. The van der Waals surface area contributed by atoms with Gasteiger partial charge in [-0.15, -0.1) is 0 Å². The van der Waals surface area contributed by atoms with Crippen LogP contribution in [0.5, 0.6) is 0 Å². The minimum atomic E-state index is -0.279. The molecule has 2 heterocycles. The van der Waals surface area contributed by atoms with Gasteiger partial charge in [0.15, 0.2) is 0 Å². The molecule has 6 heteroatoms. The number of imide groups is 1. The van der Waals surface area contributed by atoms with Crippen LogP contribution in [0.1, 0.15) is 51.2 Å². The van der Waals surface area contributed by atoms with E-state index >= 15 is 0 Å². The summed E-state index contributed by atoms with van der Waals surface area (Å²) >= 11 is 0. The Morgan fingerprint density at radius 2 is 1.97 bits per heavy atom. The maximum Gasteiger partial charge on any atom is 0.262 e. The number of nitrogens with zero attached hydrogens (tertiary/aromatic N) is 2. The van der Waals surface area contributed by atoms with Gasteiger partial charge in [0, 0.05) is 18.3 Å². The summed E-state index contributed by atoms with van der Waals surface area (Å²) in [5, 5.41) is 3.39. The van der Waals surface area contributed by atoms with E-state index in [1.54, 1.807) is 43.6 Å². The first kappa shape index (κ1) is 20.6. The number of allylic oxidation sites excluding steroid dienone is 3. The number of pyridine rings is 1. The monoisotopic (exact) mass is 415 g/mol. The number of carbonyl (C=O) groups excluding carboxylic acids is 2. The molecule has 1 aromatic heterocycles. The fraction of sp³-hybridized carbons (Fsp3) is 0.240. The van der Waals surface area contributed by atoms with Crippen molar-refractivity contribution >= 4 is 17.6 Å². The molecule has 158 valence electrons. The van der Waals surface area contributed by atoms with Gasteiger partial charge in [-0.1, -0.05) is 30.9 Å². The largest absolute Gasteiger partial charge is 0.497 e. The predicted molar refractivity (Wildman–Crippen MR) is 120 cm³/mol. The molecule has 0 radical (unpaired) electrons. The summed E-state index contributed by atoms with van der Waals surface area (Å²) in [4.78, 5) is 31.8. The van der Waals surface area contributed by atoms with Crippen LogP contribution in [0.25, 0.3) is 0 Å². The Kier molecular flexibility index (Phi) is 5.71. The highest BCUT2D eigenvalue weighted by Gasteiger charge is 2.43. The van der Waals surface area contributed by atoms with Gasteiger partial charge in [-0.3, -0.25) is 14.5 Å². The van der Waals surface area contributed by atoms with Crippen LogP contribution < -0.4 is 5.32 Å². The van der Waals surface area contributed by atoms with E-state index in [2.05, 4.69) is 16.9 Å². The van der Waals surface area contributed by atoms with E-state index in [9.17, 15) is 9.59 Å². The van der Waals surface area contributed by atoms with Crippen molar-refractivity contribution in [2.75, 3.05) is 19.0 Å². The topological polar surface area (TPSA) is 71.5 Å². The second kappa shape index (κ2) is 8.60. The molecule has 1 N–H and O–H groups in total. The zero-order valence-electron chi connectivity index (χ0n) is 17.7. The van der Waals surface area contributed by atoms with Crippen LogP contribution in [0.4, 0.5) is 5.82 Å². The number of anilines is 1. The summed E-state index contributed by atoms with van der Waals surface area (Å²) in [6.45, 7) is 6.21. The molecule has 31 heavy (non-hydrogen) atoms. The lowest BCUT2D eigenvalue weighted by Gasteiger charge is -2.23. The van der Waals surface area contributed by atoms with Gasteiger partial charge in [0.05, 0.1) is 24.3 Å². The lowest BCUT2D eigenvalue weighted by molar-refractivity contribution is 0.0582. The number of aromatic nitrogens is 1. The van der Waals surface area contributed by atoms with E-state index in [0.29, 0.717) is 24.1 Å². The molecule has 2 aliphatic rings. The van der Waals surface area contributed by atoms with Gasteiger partial charge in [0.1, 0.15) is 11.6 Å². The zero-order valence-corrected chi connectivity index (χ0v) is 17.7. The Labute approximate surface area is 181 Å². The normalized spacial score (nSPS) is 18.1. The number of methoxy groups -OCH3 is 1. The molecule has 0 saturated heterocycles. The number of nitrogens with one attached hydrogen (secondary N) is 1. The third-order valence-electron chi connectivity index (χ3n) is 5.82. The molecule has 1 aliphatic carbocycles. The molecule has 1 atom stereocenters. The van der Waals surface area contributed by atoms with Crippen molar-refractivity contribution in [2.45, 2.75) is 25.8 Å². The number of amides is 2. The van der Waals surface area contributed by atoms with Crippen molar-refractivity contribution in [2.24, 2.45) is 0 Å². The van der Waals surface area contributed by atoms with Crippen molar-refractivity contribution < 1.29 is 14.3 Å². The Morgan fingerprint density at radius 3 is 2.58 bits per heavy atom. The first-order valence-electron chi connectivity index (χ1n) is 10.3. The molecule has 1 aromatic carbocycles. The first-order chi connectivity index (χ1) is 15.1. The number of hydrogen-bond acceptors (Lipinski definition) is 5. The average molecular weight is 415 g/mol. The van der Waals surface area contributed by atoms with Crippen molar-refractivity contribution in [3.8, 4) is 0 Å². The molecule has 2 amide bonds. The highest BCUT2D eigenvalue weighted by molar-refractivity contribution is 6.21. The molecule has 0 bridgehead atoms. The molecule has 0 spiro atoms. The summed E-state index contributed by atoms with van der Waals surface area (Å²) in [6, 6.07) is 8.64. The van der Waals surface area contributed by atoms with E-state index < -0.39 is 0 Å². The van der Waals surface area contributed by atoms with Gasteiger partial charge in [-0.25, -0.2) is 4.98 Å². The molecule has 1 aliphatic heterocycles. The van der Waals surface area contributed by atoms with Crippen LogP contribution in [-0.4, -0.2) is 35.4 Å². The van der Waals surface area contributed by atoms with Crippen LogP contribution in [0, 0.1) is 0 Å². The SMILES string of the molecule is C=C/C=C(CNc1nccc2c1CC[C@H]2N1C(=O)c2ccccc2C1=O)\C(=C/C)OC. The van der Waals surface area contributed by atoms with Gasteiger partial charge in [0.2, 0.25) is 0 Å². The molecule has 2 aromatic rings. The van der Waals surface area contributed by atoms with Crippen molar-refractivity contribution in [1.29, 1.82) is 0 Å². The molecule has 6 nitrogen and oxygen atoms in total. The van der Waals surface area contributed by atoms with E-state index in [0.717, 1.165) is 34.7 Å². The number of rotatable bonds is 7. The molecule has 0 unspecified atom stereocenters. The minimum absolute atomic E-state index is 0.223. The van der Waals surface area contributed by atoms with E-state index in [1.807, 2.05) is 25.1 Å². The quantitative estimate of drug-likeness (QED) is 0.411. The van der Waals surface area contributed by atoms with E-state index in [1.165, 1.54) is 4.90 Å². The minimum Gasteiger partial charge on any atom is -0.497 e. The molecular formula is C25H25N3O3. The summed E-state index contributed by atoms with van der Waals surface area (Å²) in [6.07, 6.45) is 8.68. The highest BCUT2D eigenvalue weighted by atomic mass is 16.5. The van der Waals surface area contributed by atoms with Gasteiger partial charge in [0.25, 0.3) is 11.8 Å². The molecule has 0 saturated carbocycles. The first-order valence-corrected chi connectivity index (χ1v) is 10.3. The van der Waals surface area contributed by atoms with E-state index in [-0.39, 0.29) is 17.9 Å². The predicted octanol–water partition coefficient (Wildman–Crippen LogP) is 4.44.